The summed E-state index contributed by atoms with van der Waals surface area (Å²) in [5.74, 6) is 0.169. The smallest absolute Gasteiger partial charge is 0.228 e. The van der Waals surface area contributed by atoms with Gasteiger partial charge >= 0.3 is 0 Å². The molecule has 1 aliphatic rings. The van der Waals surface area contributed by atoms with Gasteiger partial charge in [-0.25, -0.2) is 0 Å². The van der Waals surface area contributed by atoms with E-state index in [0.717, 1.165) is 36.2 Å². The van der Waals surface area contributed by atoms with E-state index in [4.69, 9.17) is 0 Å². The molecule has 20 heavy (non-hydrogen) atoms. The molecule has 1 aliphatic heterocycles. The van der Waals surface area contributed by atoms with Crippen LogP contribution in [0.4, 0.5) is 0 Å². The number of aromatic amines is 1. The highest BCUT2D eigenvalue weighted by atomic mass is 35.5. The molecule has 0 aliphatic carbocycles. The topological polar surface area (TPSA) is 61.0 Å². The maximum Gasteiger partial charge on any atom is 0.228 e. The van der Waals surface area contributed by atoms with Crippen molar-refractivity contribution in [1.82, 2.24) is 20.4 Å². The summed E-state index contributed by atoms with van der Waals surface area (Å²) in [6.07, 6.45) is 0.396. The summed E-state index contributed by atoms with van der Waals surface area (Å²) in [6.45, 7) is 4.54. The number of hydrogen-bond acceptors (Lipinski definition) is 3. The molecule has 1 atom stereocenters. The summed E-state index contributed by atoms with van der Waals surface area (Å²) in [4.78, 5) is 14.2. The van der Waals surface area contributed by atoms with Gasteiger partial charge in [-0.2, -0.15) is 5.10 Å². The van der Waals surface area contributed by atoms with Crippen LogP contribution in [0, 0.1) is 0 Å². The van der Waals surface area contributed by atoms with Crippen molar-refractivity contribution < 1.29 is 4.79 Å². The van der Waals surface area contributed by atoms with E-state index >= 15 is 0 Å². The van der Waals surface area contributed by atoms with Crippen molar-refractivity contribution in [3.8, 4) is 0 Å². The number of nitrogens with zero attached hydrogens (tertiary/aromatic N) is 2. The van der Waals surface area contributed by atoms with Crippen molar-refractivity contribution in [1.29, 1.82) is 0 Å². The number of H-pyrrole nitrogens is 1. The zero-order valence-corrected chi connectivity index (χ0v) is 12.2. The van der Waals surface area contributed by atoms with Crippen LogP contribution in [0.1, 0.15) is 12.6 Å². The van der Waals surface area contributed by atoms with Gasteiger partial charge in [0.15, 0.2) is 0 Å². The first-order valence-corrected chi connectivity index (χ1v) is 6.67. The third-order valence-corrected chi connectivity index (χ3v) is 3.59. The first-order valence-electron chi connectivity index (χ1n) is 6.67. The van der Waals surface area contributed by atoms with Crippen LogP contribution in [-0.2, 0) is 11.2 Å². The van der Waals surface area contributed by atoms with Gasteiger partial charge in [-0.3, -0.25) is 9.89 Å². The lowest BCUT2D eigenvalue weighted by Gasteiger charge is -2.31. The molecular weight excluding hydrogens is 276 g/mol. The van der Waals surface area contributed by atoms with Crippen LogP contribution in [0.3, 0.4) is 0 Å². The summed E-state index contributed by atoms with van der Waals surface area (Å²) in [7, 11) is 0. The van der Waals surface area contributed by atoms with Crippen LogP contribution >= 0.6 is 12.4 Å². The van der Waals surface area contributed by atoms with E-state index in [1.807, 2.05) is 29.2 Å². The molecule has 1 unspecified atom stereocenters. The number of nitrogens with one attached hydrogen (secondary N) is 2. The van der Waals surface area contributed by atoms with Gasteiger partial charge in [0.25, 0.3) is 0 Å². The number of carbonyl (C=O) groups is 1. The van der Waals surface area contributed by atoms with Gasteiger partial charge in [0.1, 0.15) is 0 Å². The van der Waals surface area contributed by atoms with Gasteiger partial charge in [0.05, 0.1) is 17.6 Å². The SMILES string of the molecule is CC1CN(C(=O)Cc2[nH]nc3ccccc23)CCN1.Cl. The largest absolute Gasteiger partial charge is 0.340 e. The number of benzene rings is 1. The minimum atomic E-state index is 0. The van der Waals surface area contributed by atoms with E-state index in [9.17, 15) is 4.79 Å². The molecule has 1 aromatic carbocycles. The van der Waals surface area contributed by atoms with Gasteiger partial charge in [-0.05, 0) is 13.0 Å². The van der Waals surface area contributed by atoms with Crippen molar-refractivity contribution in [3.05, 3.63) is 30.0 Å². The summed E-state index contributed by atoms with van der Waals surface area (Å²) < 4.78 is 0. The van der Waals surface area contributed by atoms with Gasteiger partial charge in [0, 0.05) is 31.1 Å². The van der Waals surface area contributed by atoms with E-state index in [2.05, 4.69) is 22.4 Å². The fraction of sp³-hybridized carbons (Fsp3) is 0.429. The monoisotopic (exact) mass is 294 g/mol. The van der Waals surface area contributed by atoms with Crippen molar-refractivity contribution in [2.45, 2.75) is 19.4 Å². The number of para-hydroxylation sites is 1. The third kappa shape index (κ3) is 2.94. The molecule has 0 radical (unpaired) electrons. The highest BCUT2D eigenvalue weighted by Gasteiger charge is 2.21. The van der Waals surface area contributed by atoms with Crippen molar-refractivity contribution in [2.24, 2.45) is 0 Å². The third-order valence-electron chi connectivity index (χ3n) is 3.59. The Hall–Kier alpha value is -1.59. The Morgan fingerprint density at radius 1 is 1.45 bits per heavy atom. The lowest BCUT2D eigenvalue weighted by molar-refractivity contribution is -0.131. The second-order valence-electron chi connectivity index (χ2n) is 5.09. The standard InChI is InChI=1S/C14H18N4O.ClH/c1-10-9-18(7-6-15-10)14(19)8-13-11-4-2-3-5-12(11)16-17-13;/h2-5,10,15H,6-9H2,1H3,(H,16,17);1H. The van der Waals surface area contributed by atoms with Gasteiger partial charge in [0.2, 0.25) is 5.91 Å². The average molecular weight is 295 g/mol. The number of halogens is 1. The molecule has 0 bridgehead atoms. The van der Waals surface area contributed by atoms with Crippen LogP contribution in [-0.4, -0.2) is 46.7 Å². The maximum atomic E-state index is 12.3. The fourth-order valence-electron chi connectivity index (χ4n) is 2.57. The number of amides is 1. The summed E-state index contributed by atoms with van der Waals surface area (Å²) in [5, 5.41) is 11.6. The number of rotatable bonds is 2. The number of piperazine rings is 1. The Balaban J connectivity index is 0.00000147. The Morgan fingerprint density at radius 2 is 2.25 bits per heavy atom. The van der Waals surface area contributed by atoms with Gasteiger partial charge in [-0.15, -0.1) is 12.4 Å². The molecule has 0 spiro atoms. The molecule has 1 amide bonds. The second kappa shape index (κ2) is 6.24. The van der Waals surface area contributed by atoms with Crippen LogP contribution in [0.25, 0.3) is 10.9 Å². The van der Waals surface area contributed by atoms with E-state index in [-0.39, 0.29) is 18.3 Å². The summed E-state index contributed by atoms with van der Waals surface area (Å²) >= 11 is 0. The molecule has 2 N–H and O–H groups in total. The summed E-state index contributed by atoms with van der Waals surface area (Å²) in [5.41, 5.74) is 1.82. The zero-order chi connectivity index (χ0) is 13.2. The van der Waals surface area contributed by atoms with E-state index in [1.165, 1.54) is 0 Å². The molecule has 3 rings (SSSR count). The second-order valence-corrected chi connectivity index (χ2v) is 5.09. The van der Waals surface area contributed by atoms with Gasteiger partial charge < -0.3 is 10.2 Å². The Bertz CT molecular complexity index is 598. The molecule has 0 saturated carbocycles. The Morgan fingerprint density at radius 3 is 3.05 bits per heavy atom. The predicted molar refractivity (Wildman–Crippen MR) is 81.1 cm³/mol. The molecule has 1 fully saturated rings. The minimum absolute atomic E-state index is 0. The van der Waals surface area contributed by atoms with Crippen molar-refractivity contribution >= 4 is 29.2 Å². The van der Waals surface area contributed by atoms with Crippen LogP contribution in [0.2, 0.25) is 0 Å². The number of aromatic nitrogens is 2. The highest BCUT2D eigenvalue weighted by Crippen LogP contribution is 2.16. The lowest BCUT2D eigenvalue weighted by atomic mass is 10.1. The number of fused-ring (bicyclic) bond motifs is 1. The Labute approximate surface area is 124 Å². The maximum absolute atomic E-state index is 12.3. The van der Waals surface area contributed by atoms with Crippen LogP contribution in [0.5, 0.6) is 0 Å². The molecule has 1 aromatic heterocycles. The molecule has 6 heteroatoms. The number of hydrogen-bond donors (Lipinski definition) is 2. The van der Waals surface area contributed by atoms with Crippen LogP contribution < -0.4 is 5.32 Å². The molecule has 1 saturated heterocycles. The average Bonchev–Trinajstić information content (AvgIpc) is 2.82. The summed E-state index contributed by atoms with van der Waals surface area (Å²) in [6, 6.07) is 8.25. The predicted octanol–water partition coefficient (Wildman–Crippen LogP) is 1.35. The van der Waals surface area contributed by atoms with E-state index < -0.39 is 0 Å². The first-order chi connectivity index (χ1) is 9.24. The quantitative estimate of drug-likeness (QED) is 0.879. The van der Waals surface area contributed by atoms with E-state index in [0.29, 0.717) is 12.5 Å². The minimum Gasteiger partial charge on any atom is -0.340 e. The molecule has 2 aromatic rings. The van der Waals surface area contributed by atoms with Crippen LogP contribution in [0.15, 0.2) is 24.3 Å². The molecular formula is C14H19ClN4O. The van der Waals surface area contributed by atoms with E-state index in [1.54, 1.807) is 0 Å². The fourth-order valence-corrected chi connectivity index (χ4v) is 2.57. The highest BCUT2D eigenvalue weighted by molar-refractivity contribution is 5.87. The Kier molecular flexibility index (Phi) is 4.62. The lowest BCUT2D eigenvalue weighted by Crippen LogP contribution is -2.51. The molecule has 5 nitrogen and oxygen atoms in total. The number of carbonyl (C=O) groups excluding carboxylic acids is 1. The van der Waals surface area contributed by atoms with Crippen molar-refractivity contribution in [2.75, 3.05) is 19.6 Å². The van der Waals surface area contributed by atoms with Gasteiger partial charge in [-0.1, -0.05) is 18.2 Å². The first kappa shape index (κ1) is 14.8. The molecule has 108 valence electrons. The van der Waals surface area contributed by atoms with Crippen molar-refractivity contribution in [3.63, 3.8) is 0 Å². The zero-order valence-electron chi connectivity index (χ0n) is 11.4. The normalized spacial score (nSPS) is 18.9. The molecule has 2 heterocycles.